The highest BCUT2D eigenvalue weighted by atomic mass is 32.2. The maximum absolute atomic E-state index is 13.7. The number of amides is 2. The molecule has 0 fully saturated rings. The van der Waals surface area contributed by atoms with Crippen molar-refractivity contribution in [1.82, 2.24) is 30.0 Å². The number of carbonyl (C=O) groups is 4. The monoisotopic (exact) mass is 760 g/mol. The minimum atomic E-state index is -4.08. The molecule has 5 rings (SSSR count). The van der Waals surface area contributed by atoms with Gasteiger partial charge in [0.1, 0.15) is 28.6 Å². The lowest BCUT2D eigenvalue weighted by molar-refractivity contribution is -0.158. The van der Waals surface area contributed by atoms with Gasteiger partial charge in [0, 0.05) is 18.7 Å². The average molecular weight is 761 g/mol. The number of fused-ring (bicyclic) bond motifs is 2. The third kappa shape index (κ3) is 9.31. The number of esters is 2. The number of sulfonamides is 1. The van der Waals surface area contributed by atoms with Crippen molar-refractivity contribution in [3.8, 4) is 0 Å². The lowest BCUT2D eigenvalue weighted by Crippen LogP contribution is -2.47. The summed E-state index contributed by atoms with van der Waals surface area (Å²) >= 11 is 0. The zero-order valence-electron chi connectivity index (χ0n) is 32.1. The molecule has 2 heterocycles. The lowest BCUT2D eigenvalue weighted by Gasteiger charge is -2.26. The summed E-state index contributed by atoms with van der Waals surface area (Å²) in [6.45, 7) is 15.9. The molecule has 0 aliphatic heterocycles. The molecule has 0 radical (unpaired) electrons. The van der Waals surface area contributed by atoms with Crippen molar-refractivity contribution in [3.63, 3.8) is 0 Å². The fraction of sp³-hybridized carbons (Fsp3) is 0.436. The van der Waals surface area contributed by atoms with Crippen molar-refractivity contribution in [3.05, 3.63) is 93.9 Å². The van der Waals surface area contributed by atoms with Crippen LogP contribution in [0.5, 0.6) is 0 Å². The first-order valence-electron chi connectivity index (χ1n) is 17.8. The number of benzene rings is 2. The Kier molecular flexibility index (Phi) is 11.3. The first-order valence-corrected chi connectivity index (χ1v) is 19.3. The first kappa shape index (κ1) is 40.0. The Morgan fingerprint density at radius 3 is 2.22 bits per heavy atom. The molecule has 3 N–H and O–H groups in total. The molecule has 2 aromatic heterocycles. The van der Waals surface area contributed by atoms with Crippen molar-refractivity contribution >= 4 is 39.4 Å². The second kappa shape index (κ2) is 15.3. The van der Waals surface area contributed by atoms with Crippen LogP contribution in [0.1, 0.15) is 121 Å². The lowest BCUT2D eigenvalue weighted by atomic mass is 9.97. The van der Waals surface area contributed by atoms with E-state index in [0.29, 0.717) is 29.6 Å². The SMILES string of the molecule is Cc1c(C(=O)OC(C)(C)C)ccc2c1CC[C@@H]2NC(=O)c1cc(C(=O)NCc2ccc(S(=O)(=O)N[C@@H](C(=O)OC(C)(C)C)C(C)C)cc2)nc2ccnn12. The van der Waals surface area contributed by atoms with Gasteiger partial charge in [-0.05, 0) is 108 Å². The van der Waals surface area contributed by atoms with Crippen LogP contribution in [-0.2, 0) is 37.3 Å². The molecule has 1 aliphatic rings. The minimum Gasteiger partial charge on any atom is -0.459 e. The molecule has 2 atom stereocenters. The van der Waals surface area contributed by atoms with E-state index in [1.807, 2.05) is 33.8 Å². The maximum atomic E-state index is 13.7. The Labute approximate surface area is 315 Å². The van der Waals surface area contributed by atoms with Gasteiger partial charge in [-0.1, -0.05) is 32.0 Å². The zero-order chi connectivity index (χ0) is 39.7. The molecule has 0 spiro atoms. The van der Waals surface area contributed by atoms with Crippen LogP contribution in [0.25, 0.3) is 5.65 Å². The van der Waals surface area contributed by atoms with E-state index in [1.165, 1.54) is 28.9 Å². The third-order valence-corrected chi connectivity index (χ3v) is 10.2. The third-order valence-electron chi connectivity index (χ3n) is 8.74. The molecular weight excluding hydrogens is 713 g/mol. The Bertz CT molecular complexity index is 2200. The van der Waals surface area contributed by atoms with E-state index in [4.69, 9.17) is 9.47 Å². The highest BCUT2D eigenvalue weighted by molar-refractivity contribution is 7.89. The Morgan fingerprint density at radius 2 is 1.59 bits per heavy atom. The summed E-state index contributed by atoms with van der Waals surface area (Å²) in [5, 5.41) is 10.1. The molecule has 0 unspecified atom stereocenters. The van der Waals surface area contributed by atoms with Crippen LogP contribution >= 0.6 is 0 Å². The number of rotatable bonds is 11. The second-order valence-corrected chi connectivity index (χ2v) is 17.4. The molecule has 2 amide bonds. The van der Waals surface area contributed by atoms with Crippen molar-refractivity contribution in [1.29, 1.82) is 0 Å². The number of carbonyl (C=O) groups excluding carboxylic acids is 4. The largest absolute Gasteiger partial charge is 0.459 e. The van der Waals surface area contributed by atoms with Crippen LogP contribution in [0.3, 0.4) is 0 Å². The number of nitrogens with one attached hydrogen (secondary N) is 3. The summed E-state index contributed by atoms with van der Waals surface area (Å²) in [6, 6.07) is 11.0. The molecule has 0 saturated heterocycles. The van der Waals surface area contributed by atoms with Crippen LogP contribution in [0.2, 0.25) is 0 Å². The van der Waals surface area contributed by atoms with E-state index < -0.39 is 51.0 Å². The summed E-state index contributed by atoms with van der Waals surface area (Å²) in [4.78, 5) is 56.9. The Hall–Kier alpha value is -5.15. The predicted octanol–water partition coefficient (Wildman–Crippen LogP) is 4.98. The number of hydrogen-bond donors (Lipinski definition) is 3. The van der Waals surface area contributed by atoms with E-state index in [0.717, 1.165) is 16.7 Å². The topological polar surface area (TPSA) is 187 Å². The molecule has 288 valence electrons. The average Bonchev–Trinajstić information content (AvgIpc) is 3.72. The molecule has 4 aromatic rings. The van der Waals surface area contributed by atoms with Gasteiger partial charge in [0.25, 0.3) is 11.8 Å². The molecule has 14 nitrogen and oxygen atoms in total. The van der Waals surface area contributed by atoms with Gasteiger partial charge in [0.15, 0.2) is 5.65 Å². The summed E-state index contributed by atoms with van der Waals surface area (Å²) in [6.07, 6.45) is 2.77. The molecular formula is C39H48N6O8S. The van der Waals surface area contributed by atoms with Gasteiger partial charge in [-0.2, -0.15) is 9.82 Å². The van der Waals surface area contributed by atoms with Crippen LogP contribution in [0.4, 0.5) is 0 Å². The van der Waals surface area contributed by atoms with Gasteiger partial charge >= 0.3 is 11.9 Å². The standard InChI is InChI=1S/C39H48N6O8S/c1-22(2)33(37(49)53-39(7,8)9)44-54(50,51)25-12-10-24(11-13-25)21-40-34(46)30-20-31(45-32(42-30)18-19-41-45)35(47)43-29-17-16-26-23(3)27(14-15-28(26)29)36(48)52-38(4,5)6/h10-15,18-20,22,29,33,44H,16-17,21H2,1-9H3,(H,40,46)(H,43,47)/t29-,33+/m0/s1. The Balaban J connectivity index is 1.26. The van der Waals surface area contributed by atoms with E-state index in [9.17, 15) is 27.6 Å². The van der Waals surface area contributed by atoms with Gasteiger partial charge in [-0.15, -0.1) is 0 Å². The van der Waals surface area contributed by atoms with Crippen molar-refractivity contribution in [2.45, 2.75) is 110 Å². The second-order valence-electron chi connectivity index (χ2n) is 15.7. The van der Waals surface area contributed by atoms with E-state index in [2.05, 4.69) is 25.4 Å². The number of ether oxygens (including phenoxy) is 2. The van der Waals surface area contributed by atoms with Crippen molar-refractivity contribution < 1.29 is 37.1 Å². The van der Waals surface area contributed by atoms with Crippen LogP contribution < -0.4 is 15.4 Å². The van der Waals surface area contributed by atoms with Gasteiger partial charge in [-0.25, -0.2) is 22.7 Å². The fourth-order valence-electron chi connectivity index (χ4n) is 6.12. The fourth-order valence-corrected chi connectivity index (χ4v) is 7.46. The molecule has 1 aliphatic carbocycles. The van der Waals surface area contributed by atoms with Gasteiger partial charge in [0.05, 0.1) is 22.7 Å². The van der Waals surface area contributed by atoms with E-state index in [1.54, 1.807) is 58.9 Å². The molecule has 0 bridgehead atoms. The van der Waals surface area contributed by atoms with Crippen LogP contribution in [0, 0.1) is 12.8 Å². The highest BCUT2D eigenvalue weighted by Crippen LogP contribution is 2.35. The Morgan fingerprint density at radius 1 is 0.926 bits per heavy atom. The summed E-state index contributed by atoms with van der Waals surface area (Å²) in [5.74, 6) is -2.44. The first-order chi connectivity index (χ1) is 25.1. The van der Waals surface area contributed by atoms with Crippen LogP contribution in [-0.4, -0.2) is 64.0 Å². The van der Waals surface area contributed by atoms with Crippen molar-refractivity contribution in [2.75, 3.05) is 0 Å². The summed E-state index contributed by atoms with van der Waals surface area (Å²) in [7, 11) is -4.08. The molecule has 2 aromatic carbocycles. The predicted molar refractivity (Wildman–Crippen MR) is 200 cm³/mol. The molecule has 0 saturated carbocycles. The maximum Gasteiger partial charge on any atom is 0.338 e. The van der Waals surface area contributed by atoms with Crippen LogP contribution in [0.15, 0.2) is 59.6 Å². The highest BCUT2D eigenvalue weighted by Gasteiger charge is 2.33. The van der Waals surface area contributed by atoms with Gasteiger partial charge in [-0.3, -0.25) is 14.4 Å². The summed E-state index contributed by atoms with van der Waals surface area (Å²) < 4.78 is 41.1. The number of aromatic nitrogens is 3. The van der Waals surface area contributed by atoms with E-state index >= 15 is 0 Å². The number of nitrogens with zero attached hydrogens (tertiary/aromatic N) is 3. The minimum absolute atomic E-state index is 0.0110. The van der Waals surface area contributed by atoms with Crippen molar-refractivity contribution in [2.24, 2.45) is 5.92 Å². The number of hydrogen-bond acceptors (Lipinski definition) is 10. The van der Waals surface area contributed by atoms with Gasteiger partial charge < -0.3 is 20.1 Å². The summed E-state index contributed by atoms with van der Waals surface area (Å²) in [5.41, 5.74) is 2.80. The normalized spacial score (nSPS) is 15.1. The zero-order valence-corrected chi connectivity index (χ0v) is 32.9. The van der Waals surface area contributed by atoms with Gasteiger partial charge in [0.2, 0.25) is 10.0 Å². The smallest absolute Gasteiger partial charge is 0.338 e. The molecule has 54 heavy (non-hydrogen) atoms. The quantitative estimate of drug-likeness (QED) is 0.176. The molecule has 15 heteroatoms. The van der Waals surface area contributed by atoms with E-state index in [-0.39, 0.29) is 34.8 Å².